The summed E-state index contributed by atoms with van der Waals surface area (Å²) >= 11 is 0. The molecule has 0 aliphatic rings. The Kier molecular flexibility index (Phi) is 4.94. The van der Waals surface area contributed by atoms with Crippen molar-refractivity contribution in [2.24, 2.45) is 0 Å². The molecule has 0 aliphatic carbocycles. The van der Waals surface area contributed by atoms with Crippen molar-refractivity contribution in [3.05, 3.63) is 30.1 Å². The van der Waals surface area contributed by atoms with Gasteiger partial charge < -0.3 is 10.4 Å². The third-order valence-electron chi connectivity index (χ3n) is 3.13. The van der Waals surface area contributed by atoms with E-state index in [1.807, 2.05) is 6.07 Å². The van der Waals surface area contributed by atoms with Crippen LogP contribution in [0.15, 0.2) is 24.5 Å². The van der Waals surface area contributed by atoms with E-state index < -0.39 is 14.0 Å². The molecule has 0 saturated carbocycles. The number of hydrogen-bond acceptors (Lipinski definition) is 6. The number of carboxylic acid groups (broad SMARTS) is 1. The summed E-state index contributed by atoms with van der Waals surface area (Å²) in [5, 5.41) is 28.4. The molecule has 1 aromatic heterocycles. The van der Waals surface area contributed by atoms with E-state index in [9.17, 15) is 4.79 Å². The first-order valence-corrected chi connectivity index (χ1v) is 10.4. The molecule has 1 aromatic carbocycles. The number of carbonyl (C=O) groups is 1. The smallest absolute Gasteiger partial charge is 0.317 e. The number of nitrogens with one attached hydrogen (secondary N) is 1. The fraction of sp³-hybridized carbons (Fsp3) is 0.357. The van der Waals surface area contributed by atoms with E-state index in [1.165, 1.54) is 11.5 Å². The van der Waals surface area contributed by atoms with Gasteiger partial charge in [0.2, 0.25) is 5.82 Å². The van der Waals surface area contributed by atoms with Gasteiger partial charge in [-0.2, -0.15) is 0 Å². The van der Waals surface area contributed by atoms with Crippen molar-refractivity contribution in [2.45, 2.75) is 26.2 Å². The topological polar surface area (TPSA) is 101 Å². The standard InChI is InChI=1S/C14H19N5O2Si/c1-22(2,3)12-5-10(7-15-8-13(20)21)4-11(6-12)14-18-16-9-17-19-14/h4-6,9,15H,7-8H2,1-3H3,(H,20,21). The van der Waals surface area contributed by atoms with E-state index in [1.54, 1.807) is 0 Å². The Balaban J connectivity index is 2.35. The minimum absolute atomic E-state index is 0.0720. The van der Waals surface area contributed by atoms with Crippen LogP contribution in [0.5, 0.6) is 0 Å². The van der Waals surface area contributed by atoms with E-state index >= 15 is 0 Å². The van der Waals surface area contributed by atoms with Gasteiger partial charge >= 0.3 is 5.97 Å². The maximum Gasteiger partial charge on any atom is 0.317 e. The molecule has 0 atom stereocenters. The molecule has 116 valence electrons. The number of carboxylic acids is 1. The Labute approximate surface area is 129 Å². The zero-order chi connectivity index (χ0) is 16.2. The second kappa shape index (κ2) is 6.71. The average Bonchev–Trinajstić information content (AvgIpc) is 2.46. The molecule has 22 heavy (non-hydrogen) atoms. The summed E-state index contributed by atoms with van der Waals surface area (Å²) in [4.78, 5) is 10.6. The molecule has 0 saturated heterocycles. The van der Waals surface area contributed by atoms with Gasteiger partial charge in [-0.25, -0.2) is 0 Å². The largest absolute Gasteiger partial charge is 0.480 e. The molecule has 0 radical (unpaired) electrons. The fourth-order valence-electron chi connectivity index (χ4n) is 1.99. The van der Waals surface area contributed by atoms with Crippen LogP contribution in [0.25, 0.3) is 11.4 Å². The zero-order valence-corrected chi connectivity index (χ0v) is 13.9. The van der Waals surface area contributed by atoms with Crippen LogP contribution in [0.3, 0.4) is 0 Å². The van der Waals surface area contributed by atoms with Crippen molar-refractivity contribution in [2.75, 3.05) is 6.54 Å². The third-order valence-corrected chi connectivity index (χ3v) is 5.15. The summed E-state index contributed by atoms with van der Waals surface area (Å²) in [7, 11) is -1.53. The van der Waals surface area contributed by atoms with Crippen LogP contribution in [-0.2, 0) is 11.3 Å². The molecule has 0 aliphatic heterocycles. The van der Waals surface area contributed by atoms with Crippen LogP contribution in [0.4, 0.5) is 0 Å². The highest BCUT2D eigenvalue weighted by Gasteiger charge is 2.19. The Morgan fingerprint density at radius 3 is 2.45 bits per heavy atom. The molecule has 0 amide bonds. The highest BCUT2D eigenvalue weighted by molar-refractivity contribution is 6.88. The predicted octanol–water partition coefficient (Wildman–Crippen LogP) is 0.653. The highest BCUT2D eigenvalue weighted by atomic mass is 28.3. The van der Waals surface area contributed by atoms with E-state index in [0.29, 0.717) is 12.4 Å². The molecule has 0 unspecified atom stereocenters. The van der Waals surface area contributed by atoms with Gasteiger partial charge in [-0.05, 0) is 11.6 Å². The molecule has 0 bridgehead atoms. The number of rotatable bonds is 6. The van der Waals surface area contributed by atoms with Gasteiger partial charge in [0.25, 0.3) is 0 Å². The number of aliphatic carboxylic acids is 1. The lowest BCUT2D eigenvalue weighted by Gasteiger charge is -2.19. The third kappa shape index (κ3) is 4.40. The van der Waals surface area contributed by atoms with Crippen molar-refractivity contribution in [3.8, 4) is 11.4 Å². The number of hydrogen-bond donors (Lipinski definition) is 2. The van der Waals surface area contributed by atoms with Crippen LogP contribution >= 0.6 is 0 Å². The summed E-state index contributed by atoms with van der Waals surface area (Å²) in [5.41, 5.74) is 1.86. The van der Waals surface area contributed by atoms with Gasteiger partial charge in [0.15, 0.2) is 6.33 Å². The van der Waals surface area contributed by atoms with Crippen LogP contribution in [0.2, 0.25) is 19.6 Å². The van der Waals surface area contributed by atoms with Crippen molar-refractivity contribution in [1.29, 1.82) is 0 Å². The number of nitrogens with zero attached hydrogens (tertiary/aromatic N) is 4. The normalized spacial score (nSPS) is 11.4. The minimum Gasteiger partial charge on any atom is -0.480 e. The first-order chi connectivity index (χ1) is 10.4. The molecule has 2 N–H and O–H groups in total. The summed E-state index contributed by atoms with van der Waals surface area (Å²) in [6.07, 6.45) is 1.29. The van der Waals surface area contributed by atoms with Crippen LogP contribution < -0.4 is 10.5 Å². The van der Waals surface area contributed by atoms with Gasteiger partial charge in [0.1, 0.15) is 0 Å². The molecule has 2 aromatic rings. The Morgan fingerprint density at radius 2 is 1.86 bits per heavy atom. The van der Waals surface area contributed by atoms with Crippen LogP contribution in [0, 0.1) is 0 Å². The molecule has 8 heteroatoms. The molecule has 1 heterocycles. The molecular formula is C14H19N5O2Si. The maximum absolute atomic E-state index is 10.6. The first-order valence-electron chi connectivity index (χ1n) is 6.94. The molecule has 0 fully saturated rings. The van der Waals surface area contributed by atoms with E-state index in [4.69, 9.17) is 5.11 Å². The molecule has 7 nitrogen and oxygen atoms in total. The van der Waals surface area contributed by atoms with Crippen LogP contribution in [-0.4, -0.2) is 46.1 Å². The van der Waals surface area contributed by atoms with E-state index in [0.717, 1.165) is 11.1 Å². The average molecular weight is 317 g/mol. The van der Waals surface area contributed by atoms with Crippen molar-refractivity contribution >= 4 is 19.2 Å². The summed E-state index contributed by atoms with van der Waals surface area (Å²) in [5.74, 6) is -0.400. The van der Waals surface area contributed by atoms with Gasteiger partial charge in [0.05, 0.1) is 14.6 Å². The van der Waals surface area contributed by atoms with Crippen molar-refractivity contribution in [1.82, 2.24) is 25.7 Å². The van der Waals surface area contributed by atoms with Gasteiger partial charge in [-0.15, -0.1) is 20.4 Å². The molecular weight excluding hydrogens is 298 g/mol. The fourth-order valence-corrected chi connectivity index (χ4v) is 3.20. The van der Waals surface area contributed by atoms with E-state index in [-0.39, 0.29) is 6.54 Å². The van der Waals surface area contributed by atoms with Gasteiger partial charge in [0, 0.05) is 12.1 Å². The quantitative estimate of drug-likeness (QED) is 0.754. The lowest BCUT2D eigenvalue weighted by atomic mass is 10.1. The van der Waals surface area contributed by atoms with Gasteiger partial charge in [-0.1, -0.05) is 37.0 Å². The van der Waals surface area contributed by atoms with Gasteiger partial charge in [-0.3, -0.25) is 4.79 Å². The molecule has 0 spiro atoms. The second-order valence-corrected chi connectivity index (χ2v) is 11.1. The summed E-state index contributed by atoms with van der Waals surface area (Å²) in [6, 6.07) is 6.14. The highest BCUT2D eigenvalue weighted by Crippen LogP contribution is 2.16. The number of benzene rings is 1. The Hall–Kier alpha value is -2.19. The first kappa shape index (κ1) is 16.2. The van der Waals surface area contributed by atoms with Crippen molar-refractivity contribution in [3.63, 3.8) is 0 Å². The SMILES string of the molecule is C[Si](C)(C)c1cc(CNCC(=O)O)cc(-c2nncnn2)c1. The van der Waals surface area contributed by atoms with Crippen molar-refractivity contribution < 1.29 is 9.90 Å². The Bertz CT molecular complexity index is 658. The second-order valence-electron chi connectivity index (χ2n) is 6.04. The van der Waals surface area contributed by atoms with E-state index in [2.05, 4.69) is 57.5 Å². The lowest BCUT2D eigenvalue weighted by Crippen LogP contribution is -2.38. The molecule has 2 rings (SSSR count). The lowest BCUT2D eigenvalue weighted by molar-refractivity contribution is -0.135. The maximum atomic E-state index is 10.6. The predicted molar refractivity (Wildman–Crippen MR) is 85.4 cm³/mol. The minimum atomic E-state index is -1.53. The summed E-state index contributed by atoms with van der Waals surface area (Å²) < 4.78 is 0. The zero-order valence-electron chi connectivity index (χ0n) is 12.9. The summed E-state index contributed by atoms with van der Waals surface area (Å²) in [6.45, 7) is 7.16. The monoisotopic (exact) mass is 317 g/mol. The number of aromatic nitrogens is 4. The van der Waals surface area contributed by atoms with Crippen LogP contribution in [0.1, 0.15) is 5.56 Å². The Morgan fingerprint density at radius 1 is 1.18 bits per heavy atom.